The van der Waals surface area contributed by atoms with E-state index in [0.717, 1.165) is 11.6 Å². The van der Waals surface area contributed by atoms with Crippen molar-refractivity contribution >= 4 is 56.4 Å². The van der Waals surface area contributed by atoms with Gasteiger partial charge in [-0.1, -0.05) is 41.4 Å². The zero-order valence-electron chi connectivity index (χ0n) is 17.5. The van der Waals surface area contributed by atoms with E-state index in [1.807, 2.05) is 0 Å². The number of rotatable bonds is 5. The van der Waals surface area contributed by atoms with Gasteiger partial charge in [0.05, 0.1) is 11.1 Å². The van der Waals surface area contributed by atoms with Gasteiger partial charge in [0, 0.05) is 49.1 Å². The van der Waals surface area contributed by atoms with Crippen molar-refractivity contribution in [2.24, 2.45) is 4.36 Å². The number of nitrogens with one attached hydrogen (secondary N) is 1. The minimum atomic E-state index is -2.72. The number of hydrogen-bond donors (Lipinski definition) is 2. The van der Waals surface area contributed by atoms with Gasteiger partial charge in [-0.3, -0.25) is 9.59 Å². The summed E-state index contributed by atoms with van der Waals surface area (Å²) in [4.78, 5) is 36.7. The number of hydrogen-bond acceptors (Lipinski definition) is 4. The molecule has 2 N–H and O–H groups in total. The Morgan fingerprint density at radius 2 is 1.67 bits per heavy atom. The highest BCUT2D eigenvalue weighted by Gasteiger charge is 2.20. The zero-order chi connectivity index (χ0) is 24.3. The molecule has 0 aliphatic rings. The Bertz CT molecular complexity index is 1400. The van der Waals surface area contributed by atoms with Crippen LogP contribution in [0, 0.1) is 0 Å². The predicted molar refractivity (Wildman–Crippen MR) is 130 cm³/mol. The van der Waals surface area contributed by atoms with Crippen LogP contribution >= 0.6 is 23.2 Å². The molecule has 0 saturated carbocycles. The maximum Gasteiger partial charge on any atom is 0.336 e. The molecule has 3 aromatic carbocycles. The maximum absolute atomic E-state index is 12.8. The minimum Gasteiger partial charge on any atom is -0.478 e. The molecule has 0 saturated heterocycles. The number of aromatic carboxylic acids is 1. The molecule has 0 heterocycles. The van der Waals surface area contributed by atoms with Gasteiger partial charge in [-0.25, -0.2) is 9.00 Å². The molecular formula is C23H18Cl2N2O5S. The largest absolute Gasteiger partial charge is 0.478 e. The molecular weight excluding hydrogens is 487 g/mol. The topological polar surface area (TPSA) is 113 Å². The van der Waals surface area contributed by atoms with E-state index >= 15 is 0 Å². The van der Waals surface area contributed by atoms with Crippen LogP contribution in [0.15, 0.2) is 65.0 Å². The van der Waals surface area contributed by atoms with E-state index in [-0.39, 0.29) is 16.7 Å². The summed E-state index contributed by atoms with van der Waals surface area (Å²) in [6.07, 6.45) is 2.58. The maximum atomic E-state index is 12.8. The van der Waals surface area contributed by atoms with Crippen molar-refractivity contribution < 1.29 is 23.7 Å². The normalized spacial score (nSPS) is 11.0. The van der Waals surface area contributed by atoms with Crippen LogP contribution in [0.25, 0.3) is 11.1 Å². The Morgan fingerprint density at radius 3 is 2.30 bits per heavy atom. The molecule has 0 aliphatic heterocycles. The van der Waals surface area contributed by atoms with Gasteiger partial charge in [0.25, 0.3) is 11.8 Å². The first-order valence-electron chi connectivity index (χ1n) is 9.40. The first-order chi connectivity index (χ1) is 15.4. The summed E-state index contributed by atoms with van der Waals surface area (Å²) in [5, 5.41) is 13.1. The third-order valence-corrected chi connectivity index (χ3v) is 5.56. The van der Waals surface area contributed by atoms with Gasteiger partial charge < -0.3 is 10.4 Å². The molecule has 0 spiro atoms. The average molecular weight is 505 g/mol. The number of amides is 2. The van der Waals surface area contributed by atoms with Gasteiger partial charge in [-0.15, -0.1) is 0 Å². The van der Waals surface area contributed by atoms with E-state index in [1.54, 1.807) is 42.5 Å². The molecule has 170 valence electrons. The molecule has 3 rings (SSSR count). The Morgan fingerprint density at radius 1 is 0.939 bits per heavy atom. The summed E-state index contributed by atoms with van der Waals surface area (Å²) in [7, 11) is -2.72. The van der Waals surface area contributed by atoms with Gasteiger partial charge in [-0.2, -0.15) is 4.36 Å². The lowest BCUT2D eigenvalue weighted by Gasteiger charge is -2.11. The molecule has 0 unspecified atom stereocenters. The highest BCUT2D eigenvalue weighted by atomic mass is 35.5. The summed E-state index contributed by atoms with van der Waals surface area (Å²) >= 11 is 12.2. The van der Waals surface area contributed by atoms with E-state index in [9.17, 15) is 23.7 Å². The van der Waals surface area contributed by atoms with Gasteiger partial charge in [0.15, 0.2) is 0 Å². The van der Waals surface area contributed by atoms with Crippen LogP contribution in [-0.2, 0) is 9.73 Å². The van der Waals surface area contributed by atoms with Crippen LogP contribution in [0.4, 0.5) is 5.69 Å². The second-order valence-corrected chi connectivity index (χ2v) is 10.7. The lowest BCUT2D eigenvalue weighted by atomic mass is 10.0. The van der Waals surface area contributed by atoms with Crippen molar-refractivity contribution in [2.75, 3.05) is 17.8 Å². The van der Waals surface area contributed by atoms with Crippen LogP contribution in [0.2, 0.25) is 10.0 Å². The van der Waals surface area contributed by atoms with E-state index in [0.29, 0.717) is 21.3 Å². The van der Waals surface area contributed by atoms with Crippen LogP contribution in [-0.4, -0.2) is 39.6 Å². The van der Waals surface area contributed by atoms with E-state index in [4.69, 9.17) is 23.2 Å². The first-order valence-corrected chi connectivity index (χ1v) is 12.5. The smallest absolute Gasteiger partial charge is 0.336 e. The summed E-state index contributed by atoms with van der Waals surface area (Å²) in [5.74, 6) is -2.91. The number of carbonyl (C=O) groups is 3. The number of carbonyl (C=O) groups excluding carboxylic acids is 2. The lowest BCUT2D eigenvalue weighted by Crippen LogP contribution is -2.17. The van der Waals surface area contributed by atoms with Crippen molar-refractivity contribution in [3.05, 3.63) is 87.4 Å². The summed E-state index contributed by atoms with van der Waals surface area (Å²) in [5.41, 5.74) is 1.22. The second kappa shape index (κ2) is 9.74. The third-order valence-electron chi connectivity index (χ3n) is 4.41. The molecule has 0 atom stereocenters. The van der Waals surface area contributed by atoms with Gasteiger partial charge in [-0.05, 0) is 48.0 Å². The monoisotopic (exact) mass is 504 g/mol. The fraction of sp³-hybridized carbons (Fsp3) is 0.0870. The van der Waals surface area contributed by atoms with Crippen LogP contribution in [0.5, 0.6) is 0 Å². The van der Waals surface area contributed by atoms with Gasteiger partial charge in [0.1, 0.15) is 0 Å². The van der Waals surface area contributed by atoms with Crippen LogP contribution in [0.3, 0.4) is 0 Å². The molecule has 3 aromatic rings. The number of carboxylic acid groups (broad SMARTS) is 1. The van der Waals surface area contributed by atoms with Crippen molar-refractivity contribution in [1.29, 1.82) is 0 Å². The Balaban J connectivity index is 1.92. The number of benzene rings is 3. The number of nitrogens with zero attached hydrogens (tertiary/aromatic N) is 1. The third kappa shape index (κ3) is 6.19. The summed E-state index contributed by atoms with van der Waals surface area (Å²) in [6, 6.07) is 15.4. The Hall–Kier alpha value is -3.20. The Kier molecular flexibility index (Phi) is 7.22. The van der Waals surface area contributed by atoms with Crippen molar-refractivity contribution in [2.45, 2.75) is 0 Å². The molecule has 0 aliphatic carbocycles. The standard InChI is InChI=1S/C23H18Cl2N2O5S/c1-33(2,32)27-21(28)14-6-8-18(19(11-14)23(30)31)22(29)26-16-5-3-4-13(10-16)17-9-7-15(24)12-20(17)25/h3-12H,1-2H3,(H,26,29)(H,30,31). The number of halogens is 2. The highest BCUT2D eigenvalue weighted by Crippen LogP contribution is 2.31. The minimum absolute atomic E-state index is 0.0836. The zero-order valence-corrected chi connectivity index (χ0v) is 19.8. The van der Waals surface area contributed by atoms with Gasteiger partial charge in [0.2, 0.25) is 0 Å². The van der Waals surface area contributed by atoms with Crippen LogP contribution in [0.1, 0.15) is 31.1 Å². The van der Waals surface area contributed by atoms with Crippen molar-refractivity contribution in [3.8, 4) is 11.1 Å². The van der Waals surface area contributed by atoms with Gasteiger partial charge >= 0.3 is 5.97 Å². The summed E-state index contributed by atoms with van der Waals surface area (Å²) in [6.45, 7) is 0. The molecule has 10 heteroatoms. The molecule has 0 bridgehead atoms. The first kappa shape index (κ1) is 24.4. The molecule has 2 amide bonds. The van der Waals surface area contributed by atoms with E-state index in [2.05, 4.69) is 9.68 Å². The quantitative estimate of drug-likeness (QED) is 0.477. The fourth-order valence-electron chi connectivity index (χ4n) is 2.99. The predicted octanol–water partition coefficient (Wildman–Crippen LogP) is 5.48. The van der Waals surface area contributed by atoms with Crippen LogP contribution < -0.4 is 5.32 Å². The average Bonchev–Trinajstić information content (AvgIpc) is 2.72. The second-order valence-electron chi connectivity index (χ2n) is 7.30. The molecule has 33 heavy (non-hydrogen) atoms. The summed E-state index contributed by atoms with van der Waals surface area (Å²) < 4.78 is 15.3. The highest BCUT2D eigenvalue weighted by molar-refractivity contribution is 7.92. The van der Waals surface area contributed by atoms with Crippen molar-refractivity contribution in [3.63, 3.8) is 0 Å². The van der Waals surface area contributed by atoms with E-state index in [1.165, 1.54) is 24.6 Å². The SMILES string of the molecule is CS(C)(=O)=NC(=O)c1ccc(C(=O)Nc2cccc(-c3ccc(Cl)cc3Cl)c2)c(C(=O)O)c1. The number of carboxylic acids is 1. The molecule has 7 nitrogen and oxygen atoms in total. The van der Waals surface area contributed by atoms with E-state index < -0.39 is 27.5 Å². The Labute approximate surface area is 200 Å². The molecule has 0 aromatic heterocycles. The molecule has 0 radical (unpaired) electrons. The number of anilines is 1. The fourth-order valence-corrected chi connectivity index (χ4v) is 4.01. The van der Waals surface area contributed by atoms with Crippen molar-refractivity contribution in [1.82, 2.24) is 0 Å². The molecule has 0 fully saturated rings. The lowest BCUT2D eigenvalue weighted by molar-refractivity contribution is 0.0692.